The average molecular weight is 471 g/mol. The van der Waals surface area contributed by atoms with E-state index < -0.39 is 0 Å². The summed E-state index contributed by atoms with van der Waals surface area (Å²) in [6, 6.07) is 19.5. The zero-order chi connectivity index (χ0) is 23.1. The summed E-state index contributed by atoms with van der Waals surface area (Å²) in [4.78, 5) is 26.2. The molecule has 0 aliphatic carbocycles. The summed E-state index contributed by atoms with van der Waals surface area (Å²) >= 11 is 7.51. The van der Waals surface area contributed by atoms with E-state index in [0.29, 0.717) is 33.5 Å². The number of thioether (sulfide) groups is 1. The first kappa shape index (κ1) is 23.5. The van der Waals surface area contributed by atoms with Crippen LogP contribution in [0.25, 0.3) is 0 Å². The number of anilines is 2. The summed E-state index contributed by atoms with van der Waals surface area (Å²) < 4.78 is 10.6. The van der Waals surface area contributed by atoms with Gasteiger partial charge >= 0.3 is 0 Å². The molecule has 3 aromatic rings. The number of nitrogens with one attached hydrogen (secondary N) is 2. The summed E-state index contributed by atoms with van der Waals surface area (Å²) in [5, 5.41) is 5.83. The van der Waals surface area contributed by atoms with E-state index >= 15 is 0 Å². The molecule has 8 heteroatoms. The number of halogens is 1. The number of para-hydroxylation sites is 1. The van der Waals surface area contributed by atoms with Crippen molar-refractivity contribution in [3.63, 3.8) is 0 Å². The number of methoxy groups -OCH3 is 2. The van der Waals surface area contributed by atoms with Gasteiger partial charge < -0.3 is 20.1 Å². The maximum atomic E-state index is 12.8. The molecular weight excluding hydrogens is 448 g/mol. The van der Waals surface area contributed by atoms with Gasteiger partial charge in [-0.25, -0.2) is 0 Å². The summed E-state index contributed by atoms with van der Waals surface area (Å²) in [7, 11) is 3.00. The predicted molar refractivity (Wildman–Crippen MR) is 129 cm³/mol. The smallest absolute Gasteiger partial charge is 0.263 e. The van der Waals surface area contributed by atoms with Gasteiger partial charge in [0.25, 0.3) is 5.91 Å². The molecule has 0 fully saturated rings. The van der Waals surface area contributed by atoms with E-state index in [9.17, 15) is 9.59 Å². The summed E-state index contributed by atoms with van der Waals surface area (Å²) in [6.45, 7) is 1.82. The highest BCUT2D eigenvalue weighted by Gasteiger charge is 2.19. The van der Waals surface area contributed by atoms with Gasteiger partial charge in [0.15, 0.2) is 0 Å². The number of amides is 2. The molecular formula is C24H23ClN2O4S. The lowest BCUT2D eigenvalue weighted by molar-refractivity contribution is -0.115. The third-order valence-corrected chi connectivity index (χ3v) is 6.02. The second-order valence-corrected chi connectivity index (χ2v) is 8.57. The third-order valence-electron chi connectivity index (χ3n) is 4.58. The van der Waals surface area contributed by atoms with Crippen molar-refractivity contribution in [2.75, 3.05) is 24.9 Å². The zero-order valence-electron chi connectivity index (χ0n) is 17.8. The molecule has 0 saturated carbocycles. The van der Waals surface area contributed by atoms with Gasteiger partial charge in [0.1, 0.15) is 17.1 Å². The van der Waals surface area contributed by atoms with E-state index in [1.54, 1.807) is 48.5 Å². The number of carbonyl (C=O) groups is 2. The highest BCUT2D eigenvalue weighted by molar-refractivity contribution is 8.00. The second kappa shape index (κ2) is 10.9. The average Bonchev–Trinajstić information content (AvgIpc) is 2.81. The number of ether oxygens (including phenoxy) is 2. The highest BCUT2D eigenvalue weighted by atomic mass is 35.5. The molecule has 3 aromatic carbocycles. The van der Waals surface area contributed by atoms with Crippen LogP contribution in [0.2, 0.25) is 5.02 Å². The van der Waals surface area contributed by atoms with Crippen LogP contribution in [-0.2, 0) is 4.79 Å². The first-order chi connectivity index (χ1) is 15.4. The summed E-state index contributed by atoms with van der Waals surface area (Å²) in [5.74, 6) is 0.357. The zero-order valence-corrected chi connectivity index (χ0v) is 19.4. The van der Waals surface area contributed by atoms with Crippen LogP contribution in [0.1, 0.15) is 17.3 Å². The minimum Gasteiger partial charge on any atom is -0.496 e. The Kier molecular flexibility index (Phi) is 8.03. The fraction of sp³-hybridized carbons (Fsp3) is 0.167. The van der Waals surface area contributed by atoms with Gasteiger partial charge in [-0.15, -0.1) is 11.8 Å². The van der Waals surface area contributed by atoms with Crippen molar-refractivity contribution in [2.24, 2.45) is 0 Å². The van der Waals surface area contributed by atoms with Gasteiger partial charge in [0.2, 0.25) is 5.91 Å². The van der Waals surface area contributed by atoms with E-state index in [2.05, 4.69) is 10.6 Å². The molecule has 1 unspecified atom stereocenters. The van der Waals surface area contributed by atoms with Crippen molar-refractivity contribution in [1.29, 1.82) is 0 Å². The Balaban J connectivity index is 1.63. The number of benzene rings is 3. The fourth-order valence-corrected chi connectivity index (χ4v) is 3.99. The molecule has 6 nitrogen and oxygen atoms in total. The lowest BCUT2D eigenvalue weighted by atomic mass is 10.1. The molecule has 1 atom stereocenters. The Morgan fingerprint density at radius 3 is 2.09 bits per heavy atom. The van der Waals surface area contributed by atoms with Crippen molar-refractivity contribution >= 4 is 46.6 Å². The second-order valence-electron chi connectivity index (χ2n) is 6.75. The topological polar surface area (TPSA) is 76.7 Å². The van der Waals surface area contributed by atoms with E-state index in [-0.39, 0.29) is 17.1 Å². The van der Waals surface area contributed by atoms with Crippen LogP contribution >= 0.6 is 23.4 Å². The minimum absolute atomic E-state index is 0.149. The summed E-state index contributed by atoms with van der Waals surface area (Å²) in [5.41, 5.74) is 1.51. The number of hydrogen-bond acceptors (Lipinski definition) is 5. The van der Waals surface area contributed by atoms with Crippen LogP contribution in [0.15, 0.2) is 71.6 Å². The fourth-order valence-electron chi connectivity index (χ4n) is 2.94. The molecule has 0 aromatic heterocycles. The Labute approximate surface area is 196 Å². The molecule has 3 rings (SSSR count). The van der Waals surface area contributed by atoms with Gasteiger partial charge in [-0.2, -0.15) is 0 Å². The van der Waals surface area contributed by atoms with Crippen LogP contribution in [0.4, 0.5) is 11.4 Å². The first-order valence-electron chi connectivity index (χ1n) is 9.77. The van der Waals surface area contributed by atoms with Crippen molar-refractivity contribution in [2.45, 2.75) is 17.1 Å². The summed E-state index contributed by atoms with van der Waals surface area (Å²) in [6.07, 6.45) is 0. The van der Waals surface area contributed by atoms with Crippen LogP contribution in [0.5, 0.6) is 11.5 Å². The molecule has 2 amide bonds. The molecule has 166 valence electrons. The molecule has 0 heterocycles. The van der Waals surface area contributed by atoms with E-state index in [0.717, 1.165) is 4.90 Å². The molecule has 0 radical (unpaired) electrons. The molecule has 32 heavy (non-hydrogen) atoms. The van der Waals surface area contributed by atoms with Crippen molar-refractivity contribution in [3.05, 3.63) is 77.3 Å². The number of rotatable bonds is 8. The maximum Gasteiger partial charge on any atom is 0.263 e. The molecule has 0 spiro atoms. The van der Waals surface area contributed by atoms with Crippen molar-refractivity contribution < 1.29 is 19.1 Å². The van der Waals surface area contributed by atoms with Crippen molar-refractivity contribution in [1.82, 2.24) is 0 Å². The standard InChI is InChI=1S/C24H23ClN2O4S/c1-15(23(28)27-19-8-5-4-7-18(19)25)32-17-13-11-16(12-14-17)26-24(29)22-20(30-2)9-6-10-21(22)31-3/h4-15H,1-3H3,(H,26,29)(H,27,28). The van der Waals surface area contributed by atoms with Crippen molar-refractivity contribution in [3.8, 4) is 11.5 Å². The minimum atomic E-state index is -0.343. The number of carbonyl (C=O) groups excluding carboxylic acids is 2. The van der Waals surface area contributed by atoms with Crippen LogP contribution in [0.3, 0.4) is 0 Å². The predicted octanol–water partition coefficient (Wildman–Crippen LogP) is 5.73. The Morgan fingerprint density at radius 2 is 1.50 bits per heavy atom. The van der Waals surface area contributed by atoms with Crippen LogP contribution in [-0.4, -0.2) is 31.3 Å². The largest absolute Gasteiger partial charge is 0.496 e. The SMILES string of the molecule is COc1cccc(OC)c1C(=O)Nc1ccc(SC(C)C(=O)Nc2ccccc2Cl)cc1. The van der Waals surface area contributed by atoms with Crippen LogP contribution in [0, 0.1) is 0 Å². The van der Waals surface area contributed by atoms with E-state index in [1.165, 1.54) is 26.0 Å². The Bertz CT molecular complexity index is 1080. The molecule has 0 bridgehead atoms. The Morgan fingerprint density at radius 1 is 0.875 bits per heavy atom. The number of hydrogen-bond donors (Lipinski definition) is 2. The normalized spacial score (nSPS) is 11.4. The van der Waals surface area contributed by atoms with Gasteiger partial charge in [0.05, 0.1) is 30.2 Å². The molecule has 0 aliphatic rings. The molecule has 0 saturated heterocycles. The Hall–Kier alpha value is -3.16. The first-order valence-corrected chi connectivity index (χ1v) is 11.0. The van der Waals surface area contributed by atoms with E-state index in [4.69, 9.17) is 21.1 Å². The van der Waals surface area contributed by atoms with Gasteiger partial charge in [-0.05, 0) is 55.5 Å². The molecule has 2 N–H and O–H groups in total. The van der Waals surface area contributed by atoms with Gasteiger partial charge in [-0.3, -0.25) is 9.59 Å². The molecule has 0 aliphatic heterocycles. The lowest BCUT2D eigenvalue weighted by Crippen LogP contribution is -2.22. The highest BCUT2D eigenvalue weighted by Crippen LogP contribution is 2.30. The van der Waals surface area contributed by atoms with Crippen LogP contribution < -0.4 is 20.1 Å². The quantitative estimate of drug-likeness (QED) is 0.411. The third kappa shape index (κ3) is 5.75. The van der Waals surface area contributed by atoms with Gasteiger partial charge in [0, 0.05) is 10.6 Å². The van der Waals surface area contributed by atoms with Gasteiger partial charge in [-0.1, -0.05) is 29.8 Å². The van der Waals surface area contributed by atoms with E-state index in [1.807, 2.05) is 25.1 Å². The monoisotopic (exact) mass is 470 g/mol. The maximum absolute atomic E-state index is 12.8. The lowest BCUT2D eigenvalue weighted by Gasteiger charge is -2.14.